The number of rotatable bonds is 5. The predicted octanol–water partition coefficient (Wildman–Crippen LogP) is 2.46. The van der Waals surface area contributed by atoms with Crippen molar-refractivity contribution in [2.24, 2.45) is 0 Å². The van der Waals surface area contributed by atoms with Crippen molar-refractivity contribution >= 4 is 17.2 Å². The van der Waals surface area contributed by atoms with Crippen LogP contribution in [0.5, 0.6) is 0 Å². The SMILES string of the molecule is C[C@@H]1CN(CC(=O)N[C@H](c2ccccc2)c2nccs2)C[C@H](C)O1. The van der Waals surface area contributed by atoms with Crippen LogP contribution < -0.4 is 5.32 Å². The summed E-state index contributed by atoms with van der Waals surface area (Å²) in [6.07, 6.45) is 2.09. The second kappa shape index (κ2) is 7.88. The Kier molecular flexibility index (Phi) is 5.60. The Morgan fingerprint density at radius 2 is 2.04 bits per heavy atom. The topological polar surface area (TPSA) is 54.5 Å². The van der Waals surface area contributed by atoms with Gasteiger partial charge in [-0.2, -0.15) is 0 Å². The molecule has 2 aromatic rings. The molecule has 1 saturated heterocycles. The zero-order valence-electron chi connectivity index (χ0n) is 14.0. The highest BCUT2D eigenvalue weighted by atomic mass is 32.1. The number of hydrogen-bond acceptors (Lipinski definition) is 5. The second-order valence-electron chi connectivity index (χ2n) is 6.23. The van der Waals surface area contributed by atoms with Crippen LogP contribution in [0.2, 0.25) is 0 Å². The molecule has 2 heterocycles. The summed E-state index contributed by atoms with van der Waals surface area (Å²) in [6, 6.07) is 9.77. The first kappa shape index (κ1) is 17.1. The molecular weight excluding hydrogens is 322 g/mol. The van der Waals surface area contributed by atoms with Gasteiger partial charge in [0.1, 0.15) is 11.0 Å². The minimum absolute atomic E-state index is 0.0142. The van der Waals surface area contributed by atoms with Gasteiger partial charge in [-0.25, -0.2) is 4.98 Å². The van der Waals surface area contributed by atoms with Gasteiger partial charge < -0.3 is 10.1 Å². The van der Waals surface area contributed by atoms with Crippen LogP contribution in [-0.2, 0) is 9.53 Å². The van der Waals surface area contributed by atoms with Gasteiger partial charge in [-0.15, -0.1) is 11.3 Å². The minimum Gasteiger partial charge on any atom is -0.373 e. The summed E-state index contributed by atoms with van der Waals surface area (Å²) < 4.78 is 5.73. The molecule has 0 radical (unpaired) electrons. The number of morpholine rings is 1. The molecule has 128 valence electrons. The van der Waals surface area contributed by atoms with Gasteiger partial charge in [0, 0.05) is 24.7 Å². The number of amides is 1. The van der Waals surface area contributed by atoms with Crippen LogP contribution in [0.4, 0.5) is 0 Å². The summed E-state index contributed by atoms with van der Waals surface area (Å²) in [6.45, 7) is 6.04. The van der Waals surface area contributed by atoms with Crippen molar-refractivity contribution in [2.45, 2.75) is 32.1 Å². The Balaban J connectivity index is 1.68. The van der Waals surface area contributed by atoms with Crippen molar-refractivity contribution in [3.8, 4) is 0 Å². The number of nitrogens with one attached hydrogen (secondary N) is 1. The zero-order valence-corrected chi connectivity index (χ0v) is 14.8. The first-order valence-corrected chi connectivity index (χ1v) is 9.11. The second-order valence-corrected chi connectivity index (χ2v) is 7.16. The first-order valence-electron chi connectivity index (χ1n) is 8.23. The molecule has 0 aliphatic carbocycles. The number of ether oxygens (including phenoxy) is 1. The Morgan fingerprint density at radius 1 is 1.33 bits per heavy atom. The molecule has 0 unspecified atom stereocenters. The van der Waals surface area contributed by atoms with Crippen LogP contribution in [0.15, 0.2) is 41.9 Å². The lowest BCUT2D eigenvalue weighted by molar-refractivity contribution is -0.126. The van der Waals surface area contributed by atoms with Crippen molar-refractivity contribution in [3.05, 3.63) is 52.5 Å². The average molecular weight is 345 g/mol. The lowest BCUT2D eigenvalue weighted by atomic mass is 10.1. The third kappa shape index (κ3) is 4.41. The molecule has 1 N–H and O–H groups in total. The van der Waals surface area contributed by atoms with E-state index in [1.165, 1.54) is 0 Å². The number of carbonyl (C=O) groups excluding carboxylic acids is 1. The summed E-state index contributed by atoms with van der Waals surface area (Å²) in [5.74, 6) is 0.0142. The summed E-state index contributed by atoms with van der Waals surface area (Å²) >= 11 is 1.56. The summed E-state index contributed by atoms with van der Waals surface area (Å²) in [4.78, 5) is 19.1. The quantitative estimate of drug-likeness (QED) is 0.904. The molecule has 1 aliphatic rings. The van der Waals surface area contributed by atoms with E-state index in [4.69, 9.17) is 4.74 Å². The Labute approximate surface area is 146 Å². The summed E-state index contributed by atoms with van der Waals surface area (Å²) in [5, 5.41) is 5.97. The molecule has 24 heavy (non-hydrogen) atoms. The highest BCUT2D eigenvalue weighted by Crippen LogP contribution is 2.23. The van der Waals surface area contributed by atoms with E-state index in [2.05, 4.69) is 15.2 Å². The molecule has 6 heteroatoms. The van der Waals surface area contributed by atoms with E-state index in [9.17, 15) is 4.79 Å². The molecule has 1 amide bonds. The fraction of sp³-hybridized carbons (Fsp3) is 0.444. The Bertz CT molecular complexity index is 638. The van der Waals surface area contributed by atoms with E-state index < -0.39 is 0 Å². The molecule has 0 bridgehead atoms. The van der Waals surface area contributed by atoms with Crippen LogP contribution >= 0.6 is 11.3 Å². The molecule has 1 aliphatic heterocycles. The number of hydrogen-bond donors (Lipinski definition) is 1. The number of benzene rings is 1. The molecule has 0 saturated carbocycles. The van der Waals surface area contributed by atoms with Gasteiger partial charge in [-0.05, 0) is 19.4 Å². The predicted molar refractivity (Wildman–Crippen MR) is 95.0 cm³/mol. The minimum atomic E-state index is -0.199. The number of aromatic nitrogens is 1. The Morgan fingerprint density at radius 3 is 2.67 bits per heavy atom. The van der Waals surface area contributed by atoms with Crippen molar-refractivity contribution in [1.82, 2.24) is 15.2 Å². The zero-order chi connectivity index (χ0) is 16.9. The van der Waals surface area contributed by atoms with Crippen LogP contribution in [0, 0.1) is 0 Å². The molecule has 3 atom stereocenters. The van der Waals surface area contributed by atoms with Crippen LogP contribution in [0.25, 0.3) is 0 Å². The highest BCUT2D eigenvalue weighted by molar-refractivity contribution is 7.09. The van der Waals surface area contributed by atoms with Gasteiger partial charge in [0.25, 0.3) is 0 Å². The molecule has 0 spiro atoms. The van der Waals surface area contributed by atoms with Crippen molar-refractivity contribution < 1.29 is 9.53 Å². The third-order valence-corrected chi connectivity index (χ3v) is 4.84. The molecule has 5 nitrogen and oxygen atoms in total. The average Bonchev–Trinajstić information content (AvgIpc) is 3.06. The summed E-state index contributed by atoms with van der Waals surface area (Å²) in [5.41, 5.74) is 1.05. The molecular formula is C18H23N3O2S. The van der Waals surface area contributed by atoms with Crippen molar-refractivity contribution in [3.63, 3.8) is 0 Å². The molecule has 1 fully saturated rings. The van der Waals surface area contributed by atoms with Gasteiger partial charge in [-0.3, -0.25) is 9.69 Å². The van der Waals surface area contributed by atoms with E-state index in [1.807, 2.05) is 49.6 Å². The number of thiazole rings is 1. The van der Waals surface area contributed by atoms with E-state index in [0.29, 0.717) is 6.54 Å². The smallest absolute Gasteiger partial charge is 0.235 e. The van der Waals surface area contributed by atoms with Gasteiger partial charge in [0.05, 0.1) is 18.8 Å². The fourth-order valence-electron chi connectivity index (χ4n) is 3.13. The van der Waals surface area contributed by atoms with Crippen LogP contribution in [0.1, 0.15) is 30.5 Å². The molecule has 1 aromatic heterocycles. The third-order valence-electron chi connectivity index (χ3n) is 4.00. The fourth-order valence-corrected chi connectivity index (χ4v) is 3.85. The normalized spacial score (nSPS) is 22.9. The van der Waals surface area contributed by atoms with Crippen LogP contribution in [-0.4, -0.2) is 47.6 Å². The number of carbonyl (C=O) groups is 1. The molecule has 1 aromatic carbocycles. The van der Waals surface area contributed by atoms with Gasteiger partial charge >= 0.3 is 0 Å². The first-order chi connectivity index (χ1) is 11.6. The maximum Gasteiger partial charge on any atom is 0.235 e. The lowest BCUT2D eigenvalue weighted by Gasteiger charge is -2.35. The maximum atomic E-state index is 12.6. The maximum absolute atomic E-state index is 12.6. The standard InChI is InChI=1S/C18H23N3O2S/c1-13-10-21(11-14(2)23-13)12-16(22)20-17(18-19-8-9-24-18)15-6-4-3-5-7-15/h3-9,13-14,17H,10-12H2,1-2H3,(H,20,22)/t13-,14+,17-/m1/s1. The molecule has 3 rings (SSSR count). The van der Waals surface area contributed by atoms with Gasteiger partial charge in [-0.1, -0.05) is 30.3 Å². The van der Waals surface area contributed by atoms with Crippen molar-refractivity contribution in [2.75, 3.05) is 19.6 Å². The monoisotopic (exact) mass is 345 g/mol. The van der Waals surface area contributed by atoms with E-state index >= 15 is 0 Å². The largest absolute Gasteiger partial charge is 0.373 e. The van der Waals surface area contributed by atoms with E-state index in [0.717, 1.165) is 23.7 Å². The Hall–Kier alpha value is -1.76. The van der Waals surface area contributed by atoms with Gasteiger partial charge in [0.2, 0.25) is 5.91 Å². The van der Waals surface area contributed by atoms with Crippen LogP contribution in [0.3, 0.4) is 0 Å². The summed E-state index contributed by atoms with van der Waals surface area (Å²) in [7, 11) is 0. The number of nitrogens with zero attached hydrogens (tertiary/aromatic N) is 2. The van der Waals surface area contributed by atoms with E-state index in [-0.39, 0.29) is 24.2 Å². The lowest BCUT2D eigenvalue weighted by Crippen LogP contribution is -2.49. The van der Waals surface area contributed by atoms with Crippen molar-refractivity contribution in [1.29, 1.82) is 0 Å². The van der Waals surface area contributed by atoms with E-state index in [1.54, 1.807) is 17.5 Å². The van der Waals surface area contributed by atoms with Gasteiger partial charge in [0.15, 0.2) is 0 Å². The highest BCUT2D eigenvalue weighted by Gasteiger charge is 2.25.